The standard InChI is InChI=1S/C7H11N3O/c1-10(11-2)7-3-4-9-5-6(7)8/h3-5H,8H2,1-2H3. The summed E-state index contributed by atoms with van der Waals surface area (Å²) in [4.78, 5) is 8.80. The maximum absolute atomic E-state index is 5.61. The van der Waals surface area contributed by atoms with Crippen LogP contribution in [0.5, 0.6) is 0 Å². The molecule has 0 amide bonds. The topological polar surface area (TPSA) is 51.4 Å². The van der Waals surface area contributed by atoms with Crippen molar-refractivity contribution >= 4 is 11.4 Å². The minimum absolute atomic E-state index is 0.608. The van der Waals surface area contributed by atoms with Crippen molar-refractivity contribution in [3.05, 3.63) is 18.5 Å². The Hall–Kier alpha value is -1.29. The predicted molar refractivity (Wildman–Crippen MR) is 44.1 cm³/mol. The molecule has 11 heavy (non-hydrogen) atoms. The Labute approximate surface area is 65.5 Å². The SMILES string of the molecule is CON(C)c1ccncc1N. The Morgan fingerprint density at radius 2 is 2.36 bits per heavy atom. The smallest absolute Gasteiger partial charge is 0.0893 e. The van der Waals surface area contributed by atoms with E-state index in [0.29, 0.717) is 5.69 Å². The average molecular weight is 153 g/mol. The monoisotopic (exact) mass is 153 g/mol. The number of hydrogen-bond donors (Lipinski definition) is 1. The first-order valence-electron chi connectivity index (χ1n) is 3.23. The van der Waals surface area contributed by atoms with Crippen molar-refractivity contribution in [3.63, 3.8) is 0 Å². The van der Waals surface area contributed by atoms with Crippen LogP contribution < -0.4 is 10.8 Å². The van der Waals surface area contributed by atoms with Gasteiger partial charge in [-0.05, 0) is 6.07 Å². The van der Waals surface area contributed by atoms with Crippen LogP contribution in [-0.4, -0.2) is 19.1 Å². The van der Waals surface area contributed by atoms with Crippen molar-refractivity contribution in [3.8, 4) is 0 Å². The molecule has 4 nitrogen and oxygen atoms in total. The summed E-state index contributed by atoms with van der Waals surface area (Å²) in [6.45, 7) is 0. The lowest BCUT2D eigenvalue weighted by atomic mass is 10.3. The van der Waals surface area contributed by atoms with Crippen LogP contribution in [0.3, 0.4) is 0 Å². The van der Waals surface area contributed by atoms with E-state index in [9.17, 15) is 0 Å². The van der Waals surface area contributed by atoms with E-state index in [2.05, 4.69) is 4.98 Å². The van der Waals surface area contributed by atoms with E-state index >= 15 is 0 Å². The maximum Gasteiger partial charge on any atom is 0.0893 e. The molecule has 1 aromatic rings. The fourth-order valence-corrected chi connectivity index (χ4v) is 0.784. The highest BCUT2D eigenvalue weighted by Gasteiger charge is 2.01. The lowest BCUT2D eigenvalue weighted by Crippen LogP contribution is -2.16. The highest BCUT2D eigenvalue weighted by atomic mass is 16.7. The molecule has 2 N–H and O–H groups in total. The highest BCUT2D eigenvalue weighted by molar-refractivity contribution is 5.64. The van der Waals surface area contributed by atoms with E-state index in [-0.39, 0.29) is 0 Å². The average Bonchev–Trinajstić information content (AvgIpc) is 2.04. The van der Waals surface area contributed by atoms with Gasteiger partial charge in [0.2, 0.25) is 0 Å². The zero-order valence-electron chi connectivity index (χ0n) is 6.61. The van der Waals surface area contributed by atoms with Gasteiger partial charge in [0, 0.05) is 13.2 Å². The Morgan fingerprint density at radius 1 is 1.64 bits per heavy atom. The van der Waals surface area contributed by atoms with Gasteiger partial charge in [0.1, 0.15) is 0 Å². The van der Waals surface area contributed by atoms with Crippen LogP contribution in [0.4, 0.5) is 11.4 Å². The Bertz CT molecular complexity index is 239. The molecule has 0 aliphatic rings. The van der Waals surface area contributed by atoms with Gasteiger partial charge in [0.25, 0.3) is 0 Å². The molecule has 0 bridgehead atoms. The number of hydrogen-bond acceptors (Lipinski definition) is 4. The lowest BCUT2D eigenvalue weighted by Gasteiger charge is -2.16. The minimum Gasteiger partial charge on any atom is -0.396 e. The van der Waals surface area contributed by atoms with Crippen LogP contribution >= 0.6 is 0 Å². The molecule has 60 valence electrons. The lowest BCUT2D eigenvalue weighted by molar-refractivity contribution is 0.185. The largest absolute Gasteiger partial charge is 0.396 e. The number of nitrogens with zero attached hydrogens (tertiary/aromatic N) is 2. The molecular formula is C7H11N3O. The number of pyridine rings is 1. The zero-order chi connectivity index (χ0) is 8.27. The Morgan fingerprint density at radius 3 is 2.91 bits per heavy atom. The van der Waals surface area contributed by atoms with Crippen LogP contribution in [-0.2, 0) is 4.84 Å². The summed E-state index contributed by atoms with van der Waals surface area (Å²) in [5, 5.41) is 1.58. The number of rotatable bonds is 2. The molecule has 4 heteroatoms. The molecule has 0 atom stereocenters. The molecule has 0 saturated heterocycles. The summed E-state index contributed by atoms with van der Waals surface area (Å²) in [6.07, 6.45) is 3.26. The molecule has 0 aliphatic carbocycles. The first kappa shape index (κ1) is 7.81. The van der Waals surface area contributed by atoms with Crippen molar-refractivity contribution < 1.29 is 4.84 Å². The second-order valence-electron chi connectivity index (χ2n) is 2.11. The van der Waals surface area contributed by atoms with Crippen LogP contribution in [0.25, 0.3) is 0 Å². The van der Waals surface area contributed by atoms with Gasteiger partial charge in [-0.25, -0.2) is 0 Å². The first-order valence-corrected chi connectivity index (χ1v) is 3.23. The van der Waals surface area contributed by atoms with E-state index < -0.39 is 0 Å². The number of hydroxylamine groups is 1. The summed E-state index contributed by atoms with van der Waals surface area (Å²) < 4.78 is 0. The molecule has 1 heterocycles. The van der Waals surface area contributed by atoms with Crippen LogP contribution in [0.2, 0.25) is 0 Å². The predicted octanol–water partition coefficient (Wildman–Crippen LogP) is 0.661. The van der Waals surface area contributed by atoms with Crippen molar-refractivity contribution in [1.29, 1.82) is 0 Å². The molecule has 0 radical (unpaired) electrons. The van der Waals surface area contributed by atoms with Crippen molar-refractivity contribution in [2.24, 2.45) is 0 Å². The molecule has 0 spiro atoms. The summed E-state index contributed by atoms with van der Waals surface area (Å²) in [5.74, 6) is 0. The van der Waals surface area contributed by atoms with Gasteiger partial charge in [-0.15, -0.1) is 0 Å². The van der Waals surface area contributed by atoms with Gasteiger partial charge in [0.05, 0.1) is 24.7 Å². The molecule has 0 unspecified atom stereocenters. The van der Waals surface area contributed by atoms with Gasteiger partial charge in [0.15, 0.2) is 0 Å². The summed E-state index contributed by atoms with van der Waals surface area (Å²) >= 11 is 0. The van der Waals surface area contributed by atoms with Gasteiger partial charge in [-0.1, -0.05) is 0 Å². The van der Waals surface area contributed by atoms with Crippen LogP contribution in [0, 0.1) is 0 Å². The highest BCUT2D eigenvalue weighted by Crippen LogP contribution is 2.18. The normalized spacial score (nSPS) is 9.64. The molecule has 0 fully saturated rings. The third kappa shape index (κ3) is 1.59. The molecule has 1 rings (SSSR count). The second-order valence-corrected chi connectivity index (χ2v) is 2.11. The van der Waals surface area contributed by atoms with Gasteiger partial charge in [-0.3, -0.25) is 14.9 Å². The number of aromatic nitrogens is 1. The molecule has 0 aromatic carbocycles. The Kier molecular flexibility index (Phi) is 2.28. The quantitative estimate of drug-likeness (QED) is 0.634. The second kappa shape index (κ2) is 3.21. The molecule has 0 aliphatic heterocycles. The zero-order valence-corrected chi connectivity index (χ0v) is 6.61. The van der Waals surface area contributed by atoms with Crippen LogP contribution in [0.1, 0.15) is 0 Å². The first-order chi connectivity index (χ1) is 5.25. The summed E-state index contributed by atoms with van der Waals surface area (Å²) in [5.41, 5.74) is 7.04. The van der Waals surface area contributed by atoms with E-state index in [0.717, 1.165) is 5.69 Å². The molecular weight excluding hydrogens is 142 g/mol. The fraction of sp³-hybridized carbons (Fsp3) is 0.286. The van der Waals surface area contributed by atoms with E-state index in [1.807, 2.05) is 0 Å². The van der Waals surface area contributed by atoms with Crippen molar-refractivity contribution in [2.45, 2.75) is 0 Å². The molecule has 0 saturated carbocycles. The summed E-state index contributed by atoms with van der Waals surface area (Å²) in [6, 6.07) is 1.79. The maximum atomic E-state index is 5.61. The van der Waals surface area contributed by atoms with Gasteiger partial charge in [-0.2, -0.15) is 0 Å². The minimum atomic E-state index is 0.608. The van der Waals surface area contributed by atoms with Gasteiger partial charge < -0.3 is 5.73 Å². The number of nitrogens with two attached hydrogens (primary N) is 1. The van der Waals surface area contributed by atoms with E-state index in [1.165, 1.54) is 0 Å². The van der Waals surface area contributed by atoms with Crippen LogP contribution in [0.15, 0.2) is 18.5 Å². The third-order valence-corrected chi connectivity index (χ3v) is 1.44. The fourth-order valence-electron chi connectivity index (χ4n) is 0.784. The van der Waals surface area contributed by atoms with Crippen molar-refractivity contribution in [2.75, 3.05) is 25.0 Å². The third-order valence-electron chi connectivity index (χ3n) is 1.44. The number of anilines is 2. The molecule has 1 aromatic heterocycles. The Balaban J connectivity index is 2.93. The van der Waals surface area contributed by atoms with Crippen molar-refractivity contribution in [1.82, 2.24) is 4.98 Å². The number of nitrogen functional groups attached to an aromatic ring is 1. The summed E-state index contributed by atoms with van der Waals surface area (Å²) in [7, 11) is 3.37. The van der Waals surface area contributed by atoms with Gasteiger partial charge >= 0.3 is 0 Å². The van der Waals surface area contributed by atoms with E-state index in [4.69, 9.17) is 10.6 Å². The van der Waals surface area contributed by atoms with E-state index in [1.54, 1.807) is 37.7 Å².